The Morgan fingerprint density at radius 2 is 1.50 bits per heavy atom. The monoisotopic (exact) mass is 432 g/mol. The predicted molar refractivity (Wildman–Crippen MR) is 95.3 cm³/mol. The van der Waals surface area contributed by atoms with Gasteiger partial charge in [-0.25, -0.2) is 4.98 Å². The molecule has 10 heteroatoms. The maximum Gasteiger partial charge on any atom is 0.417 e. The van der Waals surface area contributed by atoms with Crippen molar-refractivity contribution in [3.05, 3.63) is 47.7 Å². The molecule has 2 aliphatic rings. The molecule has 2 saturated heterocycles. The van der Waals surface area contributed by atoms with E-state index in [1.807, 2.05) is 4.90 Å². The molecule has 0 radical (unpaired) electrons. The van der Waals surface area contributed by atoms with Gasteiger partial charge in [0, 0.05) is 31.1 Å². The van der Waals surface area contributed by atoms with Crippen LogP contribution in [0.3, 0.4) is 0 Å². The largest absolute Gasteiger partial charge is 0.504 e. The van der Waals surface area contributed by atoms with E-state index in [0.717, 1.165) is 37.2 Å². The molecule has 0 saturated carbocycles. The van der Waals surface area contributed by atoms with Crippen LogP contribution in [0.5, 0.6) is 11.5 Å². The van der Waals surface area contributed by atoms with Crippen molar-refractivity contribution in [3.8, 4) is 11.5 Å². The van der Waals surface area contributed by atoms with Crippen molar-refractivity contribution in [3.63, 3.8) is 0 Å². The molecule has 0 amide bonds. The highest BCUT2D eigenvalue weighted by Crippen LogP contribution is 2.42. The average molecular weight is 432 g/mol. The number of benzene rings is 1. The van der Waals surface area contributed by atoms with Crippen molar-refractivity contribution in [2.24, 2.45) is 0 Å². The van der Waals surface area contributed by atoms with Gasteiger partial charge in [0.15, 0.2) is 11.5 Å². The Morgan fingerprint density at radius 3 is 2.00 bits per heavy atom. The topological polar surface area (TPSA) is 45.6 Å². The first-order valence-corrected chi connectivity index (χ1v) is 9.41. The van der Waals surface area contributed by atoms with Gasteiger partial charge in [0.1, 0.15) is 11.9 Å². The molecule has 0 aliphatic carbocycles. The quantitative estimate of drug-likeness (QED) is 0.660. The van der Waals surface area contributed by atoms with Crippen molar-refractivity contribution in [1.29, 1.82) is 0 Å². The van der Waals surface area contributed by atoms with Crippen LogP contribution in [-0.4, -0.2) is 28.3 Å². The van der Waals surface area contributed by atoms with Gasteiger partial charge in [-0.2, -0.15) is 26.3 Å². The summed E-state index contributed by atoms with van der Waals surface area (Å²) in [6.45, 7) is 0. The van der Waals surface area contributed by atoms with E-state index >= 15 is 0 Å². The van der Waals surface area contributed by atoms with Crippen molar-refractivity contribution in [2.45, 2.75) is 56.2 Å². The Balaban J connectivity index is 1.46. The molecule has 1 aromatic heterocycles. The lowest BCUT2D eigenvalue weighted by Gasteiger charge is -2.39. The molecule has 2 aliphatic heterocycles. The lowest BCUT2D eigenvalue weighted by Crippen LogP contribution is -2.46. The number of piperidine rings is 1. The second kappa shape index (κ2) is 7.24. The van der Waals surface area contributed by atoms with Crippen LogP contribution < -0.4 is 9.64 Å². The van der Waals surface area contributed by atoms with Crippen LogP contribution in [0.25, 0.3) is 0 Å². The lowest BCUT2D eigenvalue weighted by molar-refractivity contribution is -0.138. The number of pyridine rings is 1. The van der Waals surface area contributed by atoms with Gasteiger partial charge in [0.25, 0.3) is 0 Å². The lowest BCUT2D eigenvalue weighted by atomic mass is 9.99. The molecule has 4 nitrogen and oxygen atoms in total. The minimum absolute atomic E-state index is 0.00502. The third kappa shape index (κ3) is 3.99. The standard InChI is InChI=1S/C20H18F6N2O2/c21-19(22,23)11-1-5-17(16(29)7-11)30-15-8-13-3-4-14(9-15)28(13)18-6-2-12(10-27-18)20(24,25)26/h1-2,5-7,10,13-15,29H,3-4,8-9H2/t13-,14?,15?/m1/s1. The number of aromatic hydroxyl groups is 1. The Bertz CT molecular complexity index is 899. The number of rotatable bonds is 3. The summed E-state index contributed by atoms with van der Waals surface area (Å²) in [6.07, 6.45) is -5.84. The number of phenolic OH excluding ortho intramolecular Hbond substituents is 1. The van der Waals surface area contributed by atoms with Crippen LogP contribution in [0, 0.1) is 0 Å². The molecule has 3 heterocycles. The number of aromatic nitrogens is 1. The van der Waals surface area contributed by atoms with E-state index in [0.29, 0.717) is 24.7 Å². The van der Waals surface area contributed by atoms with Crippen molar-refractivity contribution in [2.75, 3.05) is 4.90 Å². The van der Waals surface area contributed by atoms with E-state index in [2.05, 4.69) is 4.98 Å². The molecule has 2 aromatic rings. The summed E-state index contributed by atoms with van der Waals surface area (Å²) < 4.78 is 82.2. The highest BCUT2D eigenvalue weighted by atomic mass is 19.4. The van der Waals surface area contributed by atoms with Gasteiger partial charge < -0.3 is 14.7 Å². The first-order chi connectivity index (χ1) is 14.0. The number of fused-ring (bicyclic) bond motifs is 2. The van der Waals surface area contributed by atoms with Crippen molar-refractivity contribution >= 4 is 5.82 Å². The van der Waals surface area contributed by atoms with E-state index in [4.69, 9.17) is 4.74 Å². The first-order valence-electron chi connectivity index (χ1n) is 9.41. The molecule has 1 N–H and O–H groups in total. The van der Waals surface area contributed by atoms with E-state index in [9.17, 15) is 31.4 Å². The minimum Gasteiger partial charge on any atom is -0.504 e. The van der Waals surface area contributed by atoms with Gasteiger partial charge in [-0.05, 0) is 43.2 Å². The van der Waals surface area contributed by atoms with Crippen molar-refractivity contribution < 1.29 is 36.2 Å². The van der Waals surface area contributed by atoms with Gasteiger partial charge in [-0.1, -0.05) is 0 Å². The van der Waals surface area contributed by atoms with Gasteiger partial charge in [0.2, 0.25) is 0 Å². The Kier molecular flexibility index (Phi) is 4.98. The first kappa shape index (κ1) is 20.6. The van der Waals surface area contributed by atoms with Gasteiger partial charge >= 0.3 is 12.4 Å². The van der Waals surface area contributed by atoms with E-state index in [1.165, 1.54) is 6.07 Å². The number of halogens is 6. The summed E-state index contributed by atoms with van der Waals surface area (Å²) in [6, 6.07) is 4.94. The summed E-state index contributed by atoms with van der Waals surface area (Å²) in [4.78, 5) is 5.98. The highest BCUT2D eigenvalue weighted by Gasteiger charge is 2.43. The fraction of sp³-hybridized carbons (Fsp3) is 0.450. The average Bonchev–Trinajstić information content (AvgIpc) is 2.92. The molecule has 2 unspecified atom stereocenters. The number of ether oxygens (including phenoxy) is 1. The highest BCUT2D eigenvalue weighted by molar-refractivity contribution is 5.46. The maximum atomic E-state index is 12.8. The number of phenols is 1. The van der Waals surface area contributed by atoms with E-state index < -0.39 is 29.2 Å². The SMILES string of the molecule is Oc1cc(C(F)(F)F)ccc1OC1CC2CC[C@H](C1)N2c1ccc(C(F)(F)F)cn1. The molecule has 3 atom stereocenters. The maximum absolute atomic E-state index is 12.8. The van der Waals surface area contributed by atoms with E-state index in [-0.39, 0.29) is 23.9 Å². The number of hydrogen-bond acceptors (Lipinski definition) is 4. The van der Waals surface area contributed by atoms with Gasteiger partial charge in [-0.3, -0.25) is 0 Å². The minimum atomic E-state index is -4.56. The fourth-order valence-corrected chi connectivity index (χ4v) is 4.28. The Hall–Kier alpha value is -2.65. The van der Waals surface area contributed by atoms with Crippen LogP contribution >= 0.6 is 0 Å². The predicted octanol–water partition coefficient (Wildman–Crippen LogP) is 5.40. The summed E-state index contributed by atoms with van der Waals surface area (Å²) >= 11 is 0. The van der Waals surface area contributed by atoms with Gasteiger partial charge in [-0.15, -0.1) is 0 Å². The summed E-state index contributed by atoms with van der Waals surface area (Å²) in [5.74, 6) is -0.135. The summed E-state index contributed by atoms with van der Waals surface area (Å²) in [5.41, 5.74) is -1.77. The molecule has 0 spiro atoms. The third-order valence-corrected chi connectivity index (χ3v) is 5.61. The van der Waals surface area contributed by atoms with Crippen LogP contribution in [0.2, 0.25) is 0 Å². The number of nitrogens with zero attached hydrogens (tertiary/aromatic N) is 2. The van der Waals surface area contributed by atoms with Crippen LogP contribution in [0.15, 0.2) is 36.5 Å². The molecule has 2 fully saturated rings. The zero-order chi connectivity index (χ0) is 21.7. The zero-order valence-electron chi connectivity index (χ0n) is 15.5. The molecule has 1 aromatic carbocycles. The Labute approximate surface area is 168 Å². The molecule has 30 heavy (non-hydrogen) atoms. The Morgan fingerprint density at radius 1 is 0.900 bits per heavy atom. The second-order valence-electron chi connectivity index (χ2n) is 7.59. The van der Waals surface area contributed by atoms with Crippen LogP contribution in [-0.2, 0) is 12.4 Å². The van der Waals surface area contributed by atoms with Crippen LogP contribution in [0.1, 0.15) is 36.8 Å². The summed E-state index contributed by atoms with van der Waals surface area (Å²) in [5, 5.41) is 9.92. The second-order valence-corrected chi connectivity index (χ2v) is 7.59. The van der Waals surface area contributed by atoms with Gasteiger partial charge in [0.05, 0.1) is 11.1 Å². The third-order valence-electron chi connectivity index (χ3n) is 5.61. The number of hydrogen-bond donors (Lipinski definition) is 1. The number of alkyl halides is 6. The zero-order valence-corrected chi connectivity index (χ0v) is 15.5. The fourth-order valence-electron chi connectivity index (χ4n) is 4.28. The normalized spacial score (nSPS) is 24.2. The molecule has 4 rings (SSSR count). The number of anilines is 1. The smallest absolute Gasteiger partial charge is 0.417 e. The van der Waals surface area contributed by atoms with E-state index in [1.54, 1.807) is 0 Å². The van der Waals surface area contributed by atoms with Crippen molar-refractivity contribution in [1.82, 2.24) is 4.98 Å². The molecule has 162 valence electrons. The van der Waals surface area contributed by atoms with Crippen LogP contribution in [0.4, 0.5) is 32.2 Å². The molecular formula is C20H18F6N2O2. The molecular weight excluding hydrogens is 414 g/mol. The summed E-state index contributed by atoms with van der Waals surface area (Å²) in [7, 11) is 0. The molecule has 2 bridgehead atoms.